The van der Waals surface area contributed by atoms with Crippen molar-refractivity contribution >= 4 is 39.3 Å². The van der Waals surface area contributed by atoms with Crippen molar-refractivity contribution in [1.29, 1.82) is 0 Å². The van der Waals surface area contributed by atoms with Crippen molar-refractivity contribution in [3.05, 3.63) is 52.1 Å². The minimum atomic E-state index is -1.11. The first kappa shape index (κ1) is 25.6. The van der Waals surface area contributed by atoms with Crippen LogP contribution >= 0.6 is 15.9 Å². The number of carboxylic acids is 1. The molecule has 2 N–H and O–H groups in total. The van der Waals surface area contributed by atoms with E-state index in [0.717, 1.165) is 35.2 Å². The fraction of sp³-hybridized carbons (Fsp3) is 0.500. The number of carbonyl (C=O) groups is 2. The van der Waals surface area contributed by atoms with Gasteiger partial charge in [0.25, 0.3) is 5.91 Å². The van der Waals surface area contributed by atoms with E-state index in [1.807, 2.05) is 18.2 Å². The third-order valence-electron chi connectivity index (χ3n) is 7.37. The summed E-state index contributed by atoms with van der Waals surface area (Å²) in [5, 5.41) is 12.4. The second kappa shape index (κ2) is 11.1. The van der Waals surface area contributed by atoms with E-state index in [2.05, 4.69) is 43.0 Å². The summed E-state index contributed by atoms with van der Waals surface area (Å²) in [6, 6.07) is 9.93. The summed E-state index contributed by atoms with van der Waals surface area (Å²) in [5.74, 6) is -0.597. The van der Waals surface area contributed by atoms with Crippen LogP contribution in [0.3, 0.4) is 0 Å². The largest absolute Gasteiger partial charge is 0.479 e. The summed E-state index contributed by atoms with van der Waals surface area (Å²) >= 11 is 3.61. The molecule has 0 radical (unpaired) electrons. The monoisotopic (exact) mass is 544 g/mol. The van der Waals surface area contributed by atoms with E-state index in [4.69, 9.17) is 4.74 Å². The van der Waals surface area contributed by atoms with Crippen molar-refractivity contribution in [1.82, 2.24) is 9.88 Å². The summed E-state index contributed by atoms with van der Waals surface area (Å²) in [5.41, 5.74) is 1.50. The number of methoxy groups -OCH3 is 1. The number of ether oxygens (including phenoxy) is 1. The molecule has 1 amide bonds. The fourth-order valence-electron chi connectivity index (χ4n) is 5.10. The molecule has 2 aromatic rings. The van der Waals surface area contributed by atoms with Crippen LogP contribution in [0, 0.1) is 0 Å². The van der Waals surface area contributed by atoms with Crippen LogP contribution in [-0.2, 0) is 16.1 Å². The number of amides is 1. The molecule has 0 spiro atoms. The number of nitrogens with zero attached hydrogens (tertiary/aromatic N) is 3. The molecular weight excluding hydrogens is 512 g/mol. The third kappa shape index (κ3) is 5.68. The Kier molecular flexibility index (Phi) is 8.09. The summed E-state index contributed by atoms with van der Waals surface area (Å²) in [7, 11) is 1.45. The number of rotatable bonds is 8. The molecule has 1 aromatic carbocycles. The lowest BCUT2D eigenvalue weighted by atomic mass is 9.91. The topological polar surface area (TPSA) is 95.0 Å². The Hall–Kier alpha value is -2.49. The first-order valence-corrected chi connectivity index (χ1v) is 13.0. The lowest BCUT2D eigenvalue weighted by molar-refractivity contribution is -0.164. The van der Waals surface area contributed by atoms with Gasteiger partial charge < -0.3 is 20.1 Å². The van der Waals surface area contributed by atoms with Gasteiger partial charge in [0, 0.05) is 67.5 Å². The van der Waals surface area contributed by atoms with Gasteiger partial charge >= 0.3 is 5.97 Å². The number of anilines is 2. The maximum atomic E-state index is 12.9. The zero-order valence-electron chi connectivity index (χ0n) is 20.3. The number of benzene rings is 1. The number of hydrogen-bond donors (Lipinski definition) is 2. The van der Waals surface area contributed by atoms with E-state index in [1.54, 1.807) is 18.3 Å². The molecule has 0 unspecified atom stereocenters. The number of pyridine rings is 1. The summed E-state index contributed by atoms with van der Waals surface area (Å²) < 4.78 is 6.25. The van der Waals surface area contributed by atoms with Crippen LogP contribution in [0.4, 0.5) is 11.5 Å². The molecule has 1 atom stereocenters. The number of aliphatic carboxylic acids is 1. The zero-order valence-corrected chi connectivity index (χ0v) is 21.9. The number of carboxylic acid groups (broad SMARTS) is 1. The summed E-state index contributed by atoms with van der Waals surface area (Å²) in [6.45, 7) is 5.32. The van der Waals surface area contributed by atoms with E-state index in [1.165, 1.54) is 20.0 Å². The van der Waals surface area contributed by atoms with Crippen molar-refractivity contribution in [2.24, 2.45) is 0 Å². The highest BCUT2D eigenvalue weighted by Gasteiger charge is 2.41. The average molecular weight is 545 g/mol. The molecule has 0 bridgehead atoms. The van der Waals surface area contributed by atoms with Crippen molar-refractivity contribution in [2.45, 2.75) is 57.2 Å². The van der Waals surface area contributed by atoms with E-state index in [-0.39, 0.29) is 5.91 Å². The summed E-state index contributed by atoms with van der Waals surface area (Å²) in [4.78, 5) is 33.4. The van der Waals surface area contributed by atoms with Gasteiger partial charge in [-0.05, 0) is 77.6 Å². The first-order valence-electron chi connectivity index (χ1n) is 12.2. The van der Waals surface area contributed by atoms with Crippen LogP contribution < -0.4 is 10.2 Å². The number of nitrogens with one attached hydrogen (secondary N) is 1. The number of likely N-dealkylation sites (tertiary alicyclic amines) is 1. The van der Waals surface area contributed by atoms with E-state index in [9.17, 15) is 14.7 Å². The SMILES string of the molecule is CC[C@@H]1CCCN1Cc1cc(NC(=O)c2ccc(N3CCC(OC)(C(=O)O)CC3)cc2)ncc1Br. The molecule has 4 rings (SSSR count). The van der Waals surface area contributed by atoms with Gasteiger partial charge in [0.15, 0.2) is 5.60 Å². The Balaban J connectivity index is 1.38. The van der Waals surface area contributed by atoms with Gasteiger partial charge in [0.2, 0.25) is 0 Å². The second-order valence-electron chi connectivity index (χ2n) is 9.33. The number of carbonyl (C=O) groups excluding carboxylic acids is 1. The predicted octanol–water partition coefficient (Wildman–Crippen LogP) is 4.54. The van der Waals surface area contributed by atoms with Crippen molar-refractivity contribution in [3.63, 3.8) is 0 Å². The Morgan fingerprint density at radius 1 is 1.23 bits per heavy atom. The van der Waals surface area contributed by atoms with Gasteiger partial charge in [-0.1, -0.05) is 6.92 Å². The maximum absolute atomic E-state index is 12.9. The normalized spacial score (nSPS) is 20.1. The smallest absolute Gasteiger partial charge is 0.336 e. The predicted molar refractivity (Wildman–Crippen MR) is 139 cm³/mol. The molecule has 188 valence electrons. The van der Waals surface area contributed by atoms with Gasteiger partial charge in [-0.25, -0.2) is 9.78 Å². The van der Waals surface area contributed by atoms with Crippen molar-refractivity contribution in [2.75, 3.05) is 37.0 Å². The van der Waals surface area contributed by atoms with Gasteiger partial charge in [-0.15, -0.1) is 0 Å². The molecule has 0 aliphatic carbocycles. The molecule has 8 nitrogen and oxygen atoms in total. The van der Waals surface area contributed by atoms with Gasteiger partial charge in [0.05, 0.1) is 0 Å². The highest BCUT2D eigenvalue weighted by molar-refractivity contribution is 9.10. The lowest BCUT2D eigenvalue weighted by Gasteiger charge is -2.38. The van der Waals surface area contributed by atoms with Crippen molar-refractivity contribution < 1.29 is 19.4 Å². The van der Waals surface area contributed by atoms with Crippen molar-refractivity contribution in [3.8, 4) is 0 Å². The molecule has 35 heavy (non-hydrogen) atoms. The minimum Gasteiger partial charge on any atom is -0.479 e. The summed E-state index contributed by atoms with van der Waals surface area (Å²) in [6.07, 6.45) is 6.18. The molecule has 2 aliphatic rings. The number of piperidine rings is 1. The average Bonchev–Trinajstić information content (AvgIpc) is 3.33. The highest BCUT2D eigenvalue weighted by atomic mass is 79.9. The van der Waals surface area contributed by atoms with Crippen LogP contribution in [0.15, 0.2) is 41.0 Å². The molecule has 2 saturated heterocycles. The van der Waals surface area contributed by atoms with Gasteiger partial charge in [0.1, 0.15) is 5.82 Å². The quantitative estimate of drug-likeness (QED) is 0.503. The Bertz CT molecular complexity index is 1050. The molecule has 9 heteroatoms. The Morgan fingerprint density at radius 2 is 1.94 bits per heavy atom. The molecular formula is C26H33BrN4O4. The van der Waals surface area contributed by atoms with Crippen LogP contribution in [0.5, 0.6) is 0 Å². The minimum absolute atomic E-state index is 0.215. The Labute approximate surface area is 214 Å². The molecule has 3 heterocycles. The van der Waals surface area contributed by atoms with E-state index < -0.39 is 11.6 Å². The maximum Gasteiger partial charge on any atom is 0.336 e. The molecule has 0 saturated carbocycles. The van der Waals surface area contributed by atoms with Gasteiger partial charge in [-0.2, -0.15) is 0 Å². The Morgan fingerprint density at radius 3 is 2.57 bits per heavy atom. The standard InChI is InChI=1S/C26H33BrN4O4/c1-3-20-5-4-12-31(20)17-19-15-23(28-16-22(19)27)29-24(32)18-6-8-21(9-7-18)30-13-10-26(35-2,11-14-30)25(33)34/h6-9,15-16,20H,3-5,10-14,17H2,1-2H3,(H,33,34)(H,28,29,32)/t20-/m1/s1. The number of aromatic nitrogens is 1. The van der Waals surface area contributed by atoms with Crippen LogP contribution in [-0.4, -0.2) is 65.3 Å². The van der Waals surface area contributed by atoms with Crippen LogP contribution in [0.1, 0.15) is 54.9 Å². The van der Waals surface area contributed by atoms with E-state index >= 15 is 0 Å². The molecule has 1 aromatic heterocycles. The lowest BCUT2D eigenvalue weighted by Crippen LogP contribution is -2.50. The number of halogens is 1. The zero-order chi connectivity index (χ0) is 25.0. The van der Waals surface area contributed by atoms with Gasteiger partial charge in [-0.3, -0.25) is 9.69 Å². The fourth-order valence-corrected chi connectivity index (χ4v) is 5.44. The molecule has 2 fully saturated rings. The van der Waals surface area contributed by atoms with E-state index in [0.29, 0.717) is 43.4 Å². The van der Waals surface area contributed by atoms with Crippen LogP contribution in [0.2, 0.25) is 0 Å². The highest BCUT2D eigenvalue weighted by Crippen LogP contribution is 2.30. The first-order chi connectivity index (χ1) is 16.8. The molecule has 2 aliphatic heterocycles. The van der Waals surface area contributed by atoms with Crippen LogP contribution in [0.25, 0.3) is 0 Å². The second-order valence-corrected chi connectivity index (χ2v) is 10.2. The third-order valence-corrected chi connectivity index (χ3v) is 8.08. The number of hydrogen-bond acceptors (Lipinski definition) is 6.